The molecule has 2 amide bonds. The van der Waals surface area contributed by atoms with Crippen molar-refractivity contribution in [3.63, 3.8) is 0 Å². The summed E-state index contributed by atoms with van der Waals surface area (Å²) in [4.78, 5) is 12.0. The van der Waals surface area contributed by atoms with E-state index in [0.717, 1.165) is 30.0 Å². The van der Waals surface area contributed by atoms with Crippen molar-refractivity contribution in [1.82, 2.24) is 5.32 Å². The molecule has 0 aliphatic heterocycles. The van der Waals surface area contributed by atoms with E-state index in [2.05, 4.69) is 17.6 Å². The number of nitrogens with one attached hydrogen (secondary N) is 2. The zero-order valence-corrected chi connectivity index (χ0v) is 12.4. The number of anilines is 1. The van der Waals surface area contributed by atoms with Gasteiger partial charge in [0.05, 0.1) is 0 Å². The molecule has 0 saturated heterocycles. The van der Waals surface area contributed by atoms with E-state index in [9.17, 15) is 4.79 Å². The van der Waals surface area contributed by atoms with Gasteiger partial charge in [0.15, 0.2) is 0 Å². The molecule has 1 unspecified atom stereocenters. The zero-order chi connectivity index (χ0) is 14.5. The summed E-state index contributed by atoms with van der Waals surface area (Å²) < 4.78 is 0. The molecule has 0 aromatic heterocycles. The third-order valence-corrected chi connectivity index (χ3v) is 4.02. The summed E-state index contributed by atoms with van der Waals surface area (Å²) in [5.41, 5.74) is 7.66. The standard InChI is InChI=1S/C16H25N3O/c1-11-6-8-14(9-7-11)18-16(20)19-15-5-3-4-13(10-15)12(2)17/h3-5,10-12,14H,6-9,17H2,1-2H3,(H2,18,19,20). The minimum Gasteiger partial charge on any atom is -0.335 e. The zero-order valence-electron chi connectivity index (χ0n) is 12.4. The van der Waals surface area contributed by atoms with E-state index in [1.807, 2.05) is 31.2 Å². The van der Waals surface area contributed by atoms with Crippen LogP contribution in [0, 0.1) is 5.92 Å². The lowest BCUT2D eigenvalue weighted by Crippen LogP contribution is -2.39. The molecule has 20 heavy (non-hydrogen) atoms. The van der Waals surface area contributed by atoms with Gasteiger partial charge >= 0.3 is 6.03 Å². The monoisotopic (exact) mass is 275 g/mol. The van der Waals surface area contributed by atoms with E-state index in [1.54, 1.807) is 0 Å². The Balaban J connectivity index is 1.86. The van der Waals surface area contributed by atoms with E-state index in [1.165, 1.54) is 12.8 Å². The van der Waals surface area contributed by atoms with Crippen LogP contribution in [-0.4, -0.2) is 12.1 Å². The summed E-state index contributed by atoms with van der Waals surface area (Å²) in [7, 11) is 0. The molecule has 1 aliphatic carbocycles. The summed E-state index contributed by atoms with van der Waals surface area (Å²) in [5, 5.41) is 5.95. The van der Waals surface area contributed by atoms with Crippen molar-refractivity contribution in [2.45, 2.75) is 51.6 Å². The highest BCUT2D eigenvalue weighted by Gasteiger charge is 2.19. The largest absolute Gasteiger partial charge is 0.335 e. The molecule has 1 aliphatic rings. The lowest BCUT2D eigenvalue weighted by atomic mass is 9.87. The molecule has 1 aromatic carbocycles. The molecule has 1 aromatic rings. The van der Waals surface area contributed by atoms with Crippen LogP contribution < -0.4 is 16.4 Å². The summed E-state index contributed by atoms with van der Waals surface area (Å²) in [5.74, 6) is 0.791. The molecular weight excluding hydrogens is 250 g/mol. The van der Waals surface area contributed by atoms with Crippen molar-refractivity contribution >= 4 is 11.7 Å². The first-order valence-electron chi connectivity index (χ1n) is 7.47. The number of rotatable bonds is 3. The van der Waals surface area contributed by atoms with E-state index in [-0.39, 0.29) is 12.1 Å². The molecule has 0 radical (unpaired) electrons. The topological polar surface area (TPSA) is 67.2 Å². The number of benzene rings is 1. The lowest BCUT2D eigenvalue weighted by molar-refractivity contribution is 0.239. The van der Waals surface area contributed by atoms with Gasteiger partial charge in [0.2, 0.25) is 0 Å². The smallest absolute Gasteiger partial charge is 0.319 e. The number of hydrogen-bond acceptors (Lipinski definition) is 2. The summed E-state index contributed by atoms with van der Waals surface area (Å²) in [6, 6.07) is 7.85. The van der Waals surface area contributed by atoms with Crippen LogP contribution >= 0.6 is 0 Å². The Labute approximate surface area is 121 Å². The summed E-state index contributed by atoms with van der Waals surface area (Å²) in [6.07, 6.45) is 4.55. The van der Waals surface area contributed by atoms with Crippen LogP contribution in [0.5, 0.6) is 0 Å². The van der Waals surface area contributed by atoms with Gasteiger partial charge in [0, 0.05) is 17.8 Å². The van der Waals surface area contributed by atoms with Crippen LogP contribution in [0.25, 0.3) is 0 Å². The Morgan fingerprint density at radius 2 is 2.00 bits per heavy atom. The molecule has 1 fully saturated rings. The van der Waals surface area contributed by atoms with Crippen molar-refractivity contribution in [2.24, 2.45) is 11.7 Å². The maximum Gasteiger partial charge on any atom is 0.319 e. The number of nitrogens with two attached hydrogens (primary N) is 1. The van der Waals surface area contributed by atoms with E-state index in [4.69, 9.17) is 5.73 Å². The van der Waals surface area contributed by atoms with Crippen LogP contribution in [0.15, 0.2) is 24.3 Å². The van der Waals surface area contributed by atoms with Crippen molar-refractivity contribution in [3.8, 4) is 0 Å². The molecule has 1 atom stereocenters. The maximum atomic E-state index is 12.0. The van der Waals surface area contributed by atoms with Gasteiger partial charge in [-0.2, -0.15) is 0 Å². The second-order valence-corrected chi connectivity index (χ2v) is 5.97. The van der Waals surface area contributed by atoms with Crippen LogP contribution in [0.4, 0.5) is 10.5 Å². The second kappa shape index (κ2) is 6.75. The Hall–Kier alpha value is -1.55. The first kappa shape index (κ1) is 14.9. The van der Waals surface area contributed by atoms with Gasteiger partial charge in [0.1, 0.15) is 0 Å². The quantitative estimate of drug-likeness (QED) is 0.791. The molecule has 4 heteroatoms. The molecule has 0 bridgehead atoms. The molecule has 0 spiro atoms. The van der Waals surface area contributed by atoms with Gasteiger partial charge in [-0.1, -0.05) is 19.1 Å². The highest BCUT2D eigenvalue weighted by molar-refractivity contribution is 5.89. The average Bonchev–Trinajstić information content (AvgIpc) is 2.41. The summed E-state index contributed by atoms with van der Waals surface area (Å²) >= 11 is 0. The fourth-order valence-electron chi connectivity index (χ4n) is 2.66. The fraction of sp³-hybridized carbons (Fsp3) is 0.562. The normalized spacial score (nSPS) is 23.9. The van der Waals surface area contributed by atoms with Crippen LogP contribution in [0.2, 0.25) is 0 Å². The number of carbonyl (C=O) groups is 1. The lowest BCUT2D eigenvalue weighted by Gasteiger charge is -2.27. The molecule has 0 heterocycles. The highest BCUT2D eigenvalue weighted by atomic mass is 16.2. The van der Waals surface area contributed by atoms with Gasteiger partial charge in [-0.05, 0) is 56.2 Å². The first-order valence-corrected chi connectivity index (χ1v) is 7.47. The fourth-order valence-corrected chi connectivity index (χ4v) is 2.66. The van der Waals surface area contributed by atoms with Crippen molar-refractivity contribution < 1.29 is 4.79 Å². The molecular formula is C16H25N3O. The predicted molar refractivity (Wildman–Crippen MR) is 82.6 cm³/mol. The third-order valence-electron chi connectivity index (χ3n) is 4.02. The SMILES string of the molecule is CC1CCC(NC(=O)Nc2cccc(C(C)N)c2)CC1. The predicted octanol–water partition coefficient (Wildman–Crippen LogP) is 3.41. The van der Waals surface area contributed by atoms with Crippen molar-refractivity contribution in [1.29, 1.82) is 0 Å². The van der Waals surface area contributed by atoms with Gasteiger partial charge in [-0.3, -0.25) is 0 Å². The molecule has 4 N–H and O–H groups in total. The van der Waals surface area contributed by atoms with Crippen molar-refractivity contribution in [3.05, 3.63) is 29.8 Å². The van der Waals surface area contributed by atoms with Crippen molar-refractivity contribution in [2.75, 3.05) is 5.32 Å². The van der Waals surface area contributed by atoms with E-state index >= 15 is 0 Å². The van der Waals surface area contributed by atoms with Crippen LogP contribution in [0.3, 0.4) is 0 Å². The number of amides is 2. The van der Waals surface area contributed by atoms with Crippen LogP contribution in [-0.2, 0) is 0 Å². The van der Waals surface area contributed by atoms with E-state index in [0.29, 0.717) is 6.04 Å². The minimum atomic E-state index is -0.119. The summed E-state index contributed by atoms with van der Waals surface area (Å²) in [6.45, 7) is 4.21. The molecule has 110 valence electrons. The van der Waals surface area contributed by atoms with Gasteiger partial charge in [-0.25, -0.2) is 4.79 Å². The number of carbonyl (C=O) groups excluding carboxylic acids is 1. The van der Waals surface area contributed by atoms with Gasteiger partial charge < -0.3 is 16.4 Å². The van der Waals surface area contributed by atoms with E-state index < -0.39 is 0 Å². The number of hydrogen-bond donors (Lipinski definition) is 3. The Kier molecular flexibility index (Phi) is 5.01. The first-order chi connectivity index (χ1) is 9.54. The Morgan fingerprint density at radius 3 is 2.65 bits per heavy atom. The van der Waals surface area contributed by atoms with Gasteiger partial charge in [0.25, 0.3) is 0 Å². The third kappa shape index (κ3) is 4.23. The number of urea groups is 1. The highest BCUT2D eigenvalue weighted by Crippen LogP contribution is 2.23. The average molecular weight is 275 g/mol. The molecule has 4 nitrogen and oxygen atoms in total. The maximum absolute atomic E-state index is 12.0. The molecule has 2 rings (SSSR count). The Morgan fingerprint density at radius 1 is 1.30 bits per heavy atom. The Bertz CT molecular complexity index is 451. The van der Waals surface area contributed by atoms with Gasteiger partial charge in [-0.15, -0.1) is 0 Å². The van der Waals surface area contributed by atoms with Crippen LogP contribution in [0.1, 0.15) is 51.1 Å². The molecule has 1 saturated carbocycles. The minimum absolute atomic E-state index is 0.0281. The second-order valence-electron chi connectivity index (χ2n) is 5.97.